The minimum atomic E-state index is -0.688. The average Bonchev–Trinajstić information content (AvgIpc) is 3.49. The molecule has 3 aromatic carbocycles. The van der Waals surface area contributed by atoms with E-state index in [1.54, 1.807) is 0 Å². The van der Waals surface area contributed by atoms with Crippen molar-refractivity contribution < 1.29 is 33.2 Å². The molecule has 39 heavy (non-hydrogen) atoms. The fourth-order valence-corrected chi connectivity index (χ4v) is 5.73. The van der Waals surface area contributed by atoms with Gasteiger partial charge in [0.25, 0.3) is 0 Å². The third-order valence-electron chi connectivity index (χ3n) is 7.62. The van der Waals surface area contributed by atoms with E-state index in [-0.39, 0.29) is 30.7 Å². The number of ether oxygens (including phenoxy) is 4. The van der Waals surface area contributed by atoms with Gasteiger partial charge in [0.2, 0.25) is 0 Å². The van der Waals surface area contributed by atoms with Crippen molar-refractivity contribution in [2.45, 2.75) is 64.6 Å². The highest BCUT2D eigenvalue weighted by Crippen LogP contribution is 2.45. The van der Waals surface area contributed by atoms with Gasteiger partial charge in [0.05, 0.1) is 26.7 Å². The van der Waals surface area contributed by atoms with E-state index in [0.29, 0.717) is 42.3 Å². The standard InChI is InChI=1S/C32H35FO6/c1-18-12-22(39-32(3,4)17-34)13-19(2)30(18)24-8-10-26(33)31-25(24)9-11-27(31)38-21-6-7-23-20(14-29(35)36-5)16-37-28(23)15-21/h6-8,10,12-13,15,20,27,34H,9,11,14,16-17H2,1-5H3. The predicted molar refractivity (Wildman–Crippen MR) is 146 cm³/mol. The molecule has 1 heterocycles. The lowest BCUT2D eigenvalue weighted by Gasteiger charge is -2.25. The number of aryl methyl sites for hydroxylation is 2. The minimum Gasteiger partial charge on any atom is -0.492 e. The second-order valence-electron chi connectivity index (χ2n) is 11.1. The van der Waals surface area contributed by atoms with Gasteiger partial charge in [0.1, 0.15) is 34.8 Å². The van der Waals surface area contributed by atoms with Crippen LogP contribution in [0.1, 0.15) is 66.5 Å². The first kappa shape index (κ1) is 27.0. The summed E-state index contributed by atoms with van der Waals surface area (Å²) >= 11 is 0. The number of carbonyl (C=O) groups is 1. The fourth-order valence-electron chi connectivity index (χ4n) is 5.73. The number of esters is 1. The molecule has 0 saturated heterocycles. The highest BCUT2D eigenvalue weighted by Gasteiger charge is 2.32. The maximum absolute atomic E-state index is 15.3. The maximum atomic E-state index is 15.3. The molecule has 7 heteroatoms. The average molecular weight is 535 g/mol. The number of fused-ring (bicyclic) bond motifs is 2. The van der Waals surface area contributed by atoms with Crippen LogP contribution in [0.5, 0.6) is 17.2 Å². The van der Waals surface area contributed by atoms with Crippen molar-refractivity contribution in [3.8, 4) is 28.4 Å². The number of halogens is 1. The summed E-state index contributed by atoms with van der Waals surface area (Å²) in [5, 5.41) is 9.59. The molecule has 5 rings (SSSR count). The maximum Gasteiger partial charge on any atom is 0.306 e. The summed E-state index contributed by atoms with van der Waals surface area (Å²) in [5.74, 6) is 1.40. The number of benzene rings is 3. The van der Waals surface area contributed by atoms with Crippen LogP contribution < -0.4 is 14.2 Å². The van der Waals surface area contributed by atoms with Crippen molar-refractivity contribution in [2.24, 2.45) is 0 Å². The molecule has 1 N–H and O–H groups in total. The molecule has 0 spiro atoms. The topological polar surface area (TPSA) is 74.2 Å². The van der Waals surface area contributed by atoms with Crippen molar-refractivity contribution in [2.75, 3.05) is 20.3 Å². The van der Waals surface area contributed by atoms with Gasteiger partial charge in [-0.3, -0.25) is 4.79 Å². The first-order valence-corrected chi connectivity index (χ1v) is 13.3. The van der Waals surface area contributed by atoms with Crippen molar-refractivity contribution in [3.63, 3.8) is 0 Å². The Labute approximate surface area is 228 Å². The molecular formula is C32H35FO6. The molecule has 0 fully saturated rings. The number of hydrogen-bond acceptors (Lipinski definition) is 6. The molecule has 0 aromatic heterocycles. The van der Waals surface area contributed by atoms with Gasteiger partial charge in [-0.05, 0) is 92.6 Å². The normalized spacial score (nSPS) is 17.8. The van der Waals surface area contributed by atoms with Crippen LogP contribution in [0.4, 0.5) is 4.39 Å². The number of carbonyl (C=O) groups excluding carboxylic acids is 1. The molecule has 0 amide bonds. The monoisotopic (exact) mass is 534 g/mol. The predicted octanol–water partition coefficient (Wildman–Crippen LogP) is 6.36. The van der Waals surface area contributed by atoms with Gasteiger partial charge in [0.15, 0.2) is 0 Å². The Morgan fingerprint density at radius 3 is 2.54 bits per heavy atom. The molecule has 3 aromatic rings. The highest BCUT2D eigenvalue weighted by atomic mass is 19.1. The van der Waals surface area contributed by atoms with E-state index >= 15 is 4.39 Å². The van der Waals surface area contributed by atoms with E-state index in [2.05, 4.69) is 0 Å². The van der Waals surface area contributed by atoms with Crippen LogP contribution in [0.3, 0.4) is 0 Å². The van der Waals surface area contributed by atoms with Crippen LogP contribution in [0.25, 0.3) is 11.1 Å². The Balaban J connectivity index is 1.41. The number of aliphatic hydroxyl groups is 1. The van der Waals surface area contributed by atoms with Crippen LogP contribution >= 0.6 is 0 Å². The minimum absolute atomic E-state index is 0.0494. The molecule has 2 unspecified atom stereocenters. The van der Waals surface area contributed by atoms with Gasteiger partial charge in [-0.1, -0.05) is 12.1 Å². The zero-order chi connectivity index (χ0) is 27.9. The Bertz CT molecular complexity index is 1390. The molecule has 2 aliphatic rings. The van der Waals surface area contributed by atoms with Crippen LogP contribution in [-0.2, 0) is 16.0 Å². The lowest BCUT2D eigenvalue weighted by molar-refractivity contribution is -0.141. The number of rotatable bonds is 8. The largest absolute Gasteiger partial charge is 0.492 e. The van der Waals surface area contributed by atoms with Crippen LogP contribution in [-0.4, -0.2) is 37.0 Å². The fraction of sp³-hybridized carbons (Fsp3) is 0.406. The summed E-state index contributed by atoms with van der Waals surface area (Å²) in [6.45, 7) is 8.05. The van der Waals surface area contributed by atoms with Gasteiger partial charge in [-0.15, -0.1) is 0 Å². The smallest absolute Gasteiger partial charge is 0.306 e. The van der Waals surface area contributed by atoms with Gasteiger partial charge in [0, 0.05) is 23.1 Å². The molecule has 0 bridgehead atoms. The lowest BCUT2D eigenvalue weighted by atomic mass is 9.90. The Morgan fingerprint density at radius 2 is 1.85 bits per heavy atom. The van der Waals surface area contributed by atoms with Gasteiger partial charge >= 0.3 is 5.97 Å². The Hall–Kier alpha value is -3.58. The van der Waals surface area contributed by atoms with Crippen LogP contribution in [0, 0.1) is 19.7 Å². The van der Waals surface area contributed by atoms with Crippen LogP contribution in [0.15, 0.2) is 42.5 Å². The van der Waals surface area contributed by atoms with E-state index in [4.69, 9.17) is 18.9 Å². The van der Waals surface area contributed by atoms with E-state index in [1.807, 2.05) is 64.1 Å². The lowest BCUT2D eigenvalue weighted by Crippen LogP contribution is -2.32. The molecule has 206 valence electrons. The molecule has 6 nitrogen and oxygen atoms in total. The van der Waals surface area contributed by atoms with Crippen molar-refractivity contribution in [1.29, 1.82) is 0 Å². The summed E-state index contributed by atoms with van der Waals surface area (Å²) < 4.78 is 38.2. The van der Waals surface area contributed by atoms with Crippen LogP contribution in [0.2, 0.25) is 0 Å². The summed E-state index contributed by atoms with van der Waals surface area (Å²) in [5.41, 5.74) is 5.93. The Kier molecular flexibility index (Phi) is 7.29. The second kappa shape index (κ2) is 10.5. The molecule has 1 aliphatic heterocycles. The van der Waals surface area contributed by atoms with E-state index < -0.39 is 11.7 Å². The number of aliphatic hydroxyl groups excluding tert-OH is 1. The van der Waals surface area contributed by atoms with E-state index in [0.717, 1.165) is 33.4 Å². The third-order valence-corrected chi connectivity index (χ3v) is 7.62. The van der Waals surface area contributed by atoms with Gasteiger partial charge in [-0.25, -0.2) is 4.39 Å². The van der Waals surface area contributed by atoms with E-state index in [9.17, 15) is 9.90 Å². The summed E-state index contributed by atoms with van der Waals surface area (Å²) in [7, 11) is 1.38. The SMILES string of the molecule is COC(=O)CC1COc2cc(OC3CCc4c(-c5c(C)cc(OC(C)(C)CO)cc5C)ccc(F)c43)ccc21. The number of hydrogen-bond donors (Lipinski definition) is 1. The first-order valence-electron chi connectivity index (χ1n) is 13.3. The first-order chi connectivity index (χ1) is 18.6. The highest BCUT2D eigenvalue weighted by molar-refractivity contribution is 5.76. The van der Waals surface area contributed by atoms with Gasteiger partial charge in [-0.2, -0.15) is 0 Å². The number of methoxy groups -OCH3 is 1. The zero-order valence-corrected chi connectivity index (χ0v) is 23.1. The molecule has 2 atom stereocenters. The summed E-state index contributed by atoms with van der Waals surface area (Å²) in [4.78, 5) is 11.7. The van der Waals surface area contributed by atoms with Gasteiger partial charge < -0.3 is 24.1 Å². The van der Waals surface area contributed by atoms with Crippen molar-refractivity contribution in [1.82, 2.24) is 0 Å². The quantitative estimate of drug-likeness (QED) is 0.339. The van der Waals surface area contributed by atoms with Crippen molar-refractivity contribution >= 4 is 5.97 Å². The zero-order valence-electron chi connectivity index (χ0n) is 23.1. The Morgan fingerprint density at radius 1 is 1.10 bits per heavy atom. The summed E-state index contributed by atoms with van der Waals surface area (Å²) in [6.07, 6.45) is 1.21. The molecule has 1 aliphatic carbocycles. The van der Waals surface area contributed by atoms with E-state index in [1.165, 1.54) is 13.2 Å². The molecule has 0 radical (unpaired) electrons. The molecular weight excluding hydrogens is 499 g/mol. The second-order valence-corrected chi connectivity index (χ2v) is 11.1. The molecule has 0 saturated carbocycles. The third kappa shape index (κ3) is 5.33. The van der Waals surface area contributed by atoms with Crippen molar-refractivity contribution in [3.05, 3.63) is 76.1 Å². The summed E-state index contributed by atoms with van der Waals surface area (Å²) in [6, 6.07) is 12.9.